The van der Waals surface area contributed by atoms with Gasteiger partial charge in [0.2, 0.25) is 0 Å². The lowest BCUT2D eigenvalue weighted by atomic mass is 9.85. The number of Topliss-reactive ketones (excluding diaryl/α,β-unsaturated/α-hetero) is 1. The molecule has 1 unspecified atom stereocenters. The van der Waals surface area contributed by atoms with Crippen molar-refractivity contribution in [2.24, 2.45) is 0 Å². The number of aryl methyl sites for hydroxylation is 1. The standard InChI is InChI=1S/C30H44O/c1-3-4-5-6-7-8-9-10-11-12-13-17-24-30(31)29(27-21-15-14-16-22-27)25-28-23-19-18-20-26(28)2/h14-16,18-23,29H,3-13,17,24-25H2,1-2H3. The quantitative estimate of drug-likeness (QED) is 0.233. The van der Waals surface area contributed by atoms with Crippen molar-refractivity contribution in [3.8, 4) is 0 Å². The molecule has 0 spiro atoms. The Morgan fingerprint density at radius 3 is 1.77 bits per heavy atom. The first-order valence-electron chi connectivity index (χ1n) is 12.8. The summed E-state index contributed by atoms with van der Waals surface area (Å²) in [6, 6.07) is 18.8. The van der Waals surface area contributed by atoms with Gasteiger partial charge in [-0.05, 0) is 36.5 Å². The molecule has 1 atom stereocenters. The molecule has 31 heavy (non-hydrogen) atoms. The Balaban J connectivity index is 1.68. The molecule has 0 aliphatic rings. The normalized spacial score (nSPS) is 12.1. The minimum Gasteiger partial charge on any atom is -0.299 e. The van der Waals surface area contributed by atoms with Crippen LogP contribution in [0, 0.1) is 6.92 Å². The maximum atomic E-state index is 13.1. The first kappa shape index (κ1) is 25.4. The first-order chi connectivity index (χ1) is 15.2. The summed E-state index contributed by atoms with van der Waals surface area (Å²) < 4.78 is 0. The third-order valence-corrected chi connectivity index (χ3v) is 6.55. The molecule has 0 aromatic heterocycles. The van der Waals surface area contributed by atoms with E-state index < -0.39 is 0 Å². The van der Waals surface area contributed by atoms with Crippen LogP contribution in [0.25, 0.3) is 0 Å². The maximum Gasteiger partial charge on any atom is 0.140 e. The van der Waals surface area contributed by atoms with E-state index in [0.717, 1.165) is 18.4 Å². The largest absolute Gasteiger partial charge is 0.299 e. The Morgan fingerprint density at radius 2 is 1.19 bits per heavy atom. The van der Waals surface area contributed by atoms with Crippen molar-refractivity contribution in [3.05, 3.63) is 71.3 Å². The van der Waals surface area contributed by atoms with Gasteiger partial charge in [-0.1, -0.05) is 132 Å². The number of carbonyl (C=O) groups is 1. The van der Waals surface area contributed by atoms with Crippen molar-refractivity contribution in [2.45, 2.75) is 110 Å². The molecule has 0 saturated heterocycles. The highest BCUT2D eigenvalue weighted by molar-refractivity contribution is 5.86. The van der Waals surface area contributed by atoms with Crippen LogP contribution in [0.3, 0.4) is 0 Å². The predicted molar refractivity (Wildman–Crippen MR) is 135 cm³/mol. The van der Waals surface area contributed by atoms with Crippen LogP contribution in [-0.2, 0) is 11.2 Å². The minimum atomic E-state index is -0.0185. The highest BCUT2D eigenvalue weighted by atomic mass is 16.1. The van der Waals surface area contributed by atoms with Crippen LogP contribution >= 0.6 is 0 Å². The highest BCUT2D eigenvalue weighted by Gasteiger charge is 2.21. The summed E-state index contributed by atoms with van der Waals surface area (Å²) in [5, 5.41) is 0. The number of unbranched alkanes of at least 4 members (excludes halogenated alkanes) is 11. The third kappa shape index (κ3) is 10.3. The van der Waals surface area contributed by atoms with Gasteiger partial charge in [-0.15, -0.1) is 0 Å². The molecular formula is C30H44O. The molecule has 2 aromatic carbocycles. The van der Waals surface area contributed by atoms with E-state index in [1.54, 1.807) is 0 Å². The summed E-state index contributed by atoms with van der Waals surface area (Å²) in [7, 11) is 0. The lowest BCUT2D eigenvalue weighted by molar-refractivity contribution is -0.120. The minimum absolute atomic E-state index is 0.0185. The van der Waals surface area contributed by atoms with E-state index in [4.69, 9.17) is 0 Å². The van der Waals surface area contributed by atoms with Crippen molar-refractivity contribution >= 4 is 5.78 Å². The molecule has 1 nitrogen and oxygen atoms in total. The third-order valence-electron chi connectivity index (χ3n) is 6.55. The summed E-state index contributed by atoms with van der Waals surface area (Å²) in [4.78, 5) is 13.1. The molecule has 0 aliphatic heterocycles. The summed E-state index contributed by atoms with van der Waals surface area (Å²) >= 11 is 0. The second-order valence-electron chi connectivity index (χ2n) is 9.20. The summed E-state index contributed by atoms with van der Waals surface area (Å²) in [5.74, 6) is 0.386. The molecule has 0 radical (unpaired) electrons. The number of ketones is 1. The van der Waals surface area contributed by atoms with E-state index in [1.165, 1.54) is 81.8 Å². The lowest BCUT2D eigenvalue weighted by Gasteiger charge is -2.18. The van der Waals surface area contributed by atoms with Crippen LogP contribution in [-0.4, -0.2) is 5.78 Å². The Kier molecular flexibility index (Phi) is 13.0. The SMILES string of the molecule is CCCCCCCCCCCCCCC(=O)C(Cc1ccccc1C)c1ccccc1. The number of rotatable bonds is 17. The molecule has 2 rings (SSSR count). The Bertz CT molecular complexity index is 718. The van der Waals surface area contributed by atoms with Crippen molar-refractivity contribution in [3.63, 3.8) is 0 Å². The van der Waals surface area contributed by atoms with Gasteiger partial charge in [0.05, 0.1) is 0 Å². The van der Waals surface area contributed by atoms with Gasteiger partial charge in [0.25, 0.3) is 0 Å². The predicted octanol–water partition coefficient (Wildman–Crippen LogP) is 8.98. The molecule has 2 aromatic rings. The van der Waals surface area contributed by atoms with E-state index in [-0.39, 0.29) is 5.92 Å². The number of benzene rings is 2. The molecule has 0 heterocycles. The zero-order valence-corrected chi connectivity index (χ0v) is 20.1. The van der Waals surface area contributed by atoms with Crippen molar-refractivity contribution in [1.29, 1.82) is 0 Å². The fraction of sp³-hybridized carbons (Fsp3) is 0.567. The molecule has 170 valence electrons. The lowest BCUT2D eigenvalue weighted by Crippen LogP contribution is -2.16. The van der Waals surface area contributed by atoms with E-state index in [9.17, 15) is 4.79 Å². The maximum absolute atomic E-state index is 13.1. The van der Waals surface area contributed by atoms with Gasteiger partial charge in [0.1, 0.15) is 5.78 Å². The van der Waals surface area contributed by atoms with Crippen molar-refractivity contribution in [2.75, 3.05) is 0 Å². The second-order valence-corrected chi connectivity index (χ2v) is 9.20. The number of carbonyl (C=O) groups excluding carboxylic acids is 1. The van der Waals surface area contributed by atoms with E-state index in [2.05, 4.69) is 62.4 Å². The van der Waals surface area contributed by atoms with E-state index in [0.29, 0.717) is 12.2 Å². The van der Waals surface area contributed by atoms with Crippen LogP contribution in [0.4, 0.5) is 0 Å². The average Bonchev–Trinajstić information content (AvgIpc) is 2.79. The van der Waals surface area contributed by atoms with Gasteiger partial charge in [0.15, 0.2) is 0 Å². The molecule has 1 heteroatoms. The zero-order valence-electron chi connectivity index (χ0n) is 20.1. The fourth-order valence-electron chi connectivity index (χ4n) is 4.48. The van der Waals surface area contributed by atoms with Crippen molar-refractivity contribution in [1.82, 2.24) is 0 Å². The Hall–Kier alpha value is -1.89. The smallest absolute Gasteiger partial charge is 0.140 e. The van der Waals surface area contributed by atoms with Gasteiger partial charge in [-0.25, -0.2) is 0 Å². The van der Waals surface area contributed by atoms with Crippen LogP contribution in [0.2, 0.25) is 0 Å². The van der Waals surface area contributed by atoms with Gasteiger partial charge >= 0.3 is 0 Å². The average molecular weight is 421 g/mol. The summed E-state index contributed by atoms with van der Waals surface area (Å²) in [5.41, 5.74) is 3.73. The van der Waals surface area contributed by atoms with Crippen LogP contribution < -0.4 is 0 Å². The van der Waals surface area contributed by atoms with Gasteiger partial charge in [0, 0.05) is 12.3 Å². The first-order valence-corrected chi connectivity index (χ1v) is 12.8. The molecule has 0 bridgehead atoms. The van der Waals surface area contributed by atoms with Crippen LogP contribution in [0.15, 0.2) is 54.6 Å². The zero-order chi connectivity index (χ0) is 22.2. The van der Waals surface area contributed by atoms with E-state index >= 15 is 0 Å². The van der Waals surface area contributed by atoms with Crippen LogP contribution in [0.5, 0.6) is 0 Å². The Labute approximate surface area is 191 Å². The van der Waals surface area contributed by atoms with E-state index in [1.807, 2.05) is 6.07 Å². The molecule has 0 fully saturated rings. The fourth-order valence-corrected chi connectivity index (χ4v) is 4.48. The number of hydrogen-bond acceptors (Lipinski definition) is 1. The molecule has 0 aliphatic carbocycles. The van der Waals surface area contributed by atoms with Gasteiger partial charge in [-0.3, -0.25) is 4.79 Å². The number of hydrogen-bond donors (Lipinski definition) is 0. The molecule has 0 saturated carbocycles. The molecule has 0 amide bonds. The van der Waals surface area contributed by atoms with Gasteiger partial charge < -0.3 is 0 Å². The summed E-state index contributed by atoms with van der Waals surface area (Å²) in [6.45, 7) is 4.42. The van der Waals surface area contributed by atoms with Crippen LogP contribution in [0.1, 0.15) is 113 Å². The molecular weight excluding hydrogens is 376 g/mol. The van der Waals surface area contributed by atoms with Gasteiger partial charge in [-0.2, -0.15) is 0 Å². The summed E-state index contributed by atoms with van der Waals surface area (Å²) in [6.07, 6.45) is 17.5. The molecule has 0 N–H and O–H groups in total. The Morgan fingerprint density at radius 1 is 0.677 bits per heavy atom. The second kappa shape index (κ2) is 15.8. The monoisotopic (exact) mass is 420 g/mol. The van der Waals surface area contributed by atoms with Crippen molar-refractivity contribution < 1.29 is 4.79 Å². The highest BCUT2D eigenvalue weighted by Crippen LogP contribution is 2.26. The topological polar surface area (TPSA) is 17.1 Å².